The molecule has 2 saturated heterocycles. The fourth-order valence-corrected chi connectivity index (χ4v) is 2.39. The van der Waals surface area contributed by atoms with Crippen LogP contribution in [-0.4, -0.2) is 26.1 Å². The van der Waals surface area contributed by atoms with Crippen molar-refractivity contribution in [2.24, 2.45) is 0 Å². The van der Waals surface area contributed by atoms with Crippen LogP contribution in [0.2, 0.25) is 0 Å². The molecule has 3 rings (SSSR count). The molecule has 0 aromatic heterocycles. The van der Waals surface area contributed by atoms with Crippen LogP contribution in [-0.2, 0) is 20.8 Å². The third kappa shape index (κ3) is 3.14. The third-order valence-corrected chi connectivity index (χ3v) is 3.75. The van der Waals surface area contributed by atoms with Gasteiger partial charge in [-0.1, -0.05) is 12.1 Å². The zero-order chi connectivity index (χ0) is 13.1. The molecule has 1 aromatic rings. The molecule has 2 aliphatic rings. The van der Waals surface area contributed by atoms with Crippen LogP contribution in [0.4, 0.5) is 4.39 Å². The monoisotopic (exact) mass is 266 g/mol. The molecular weight excluding hydrogens is 247 g/mol. The minimum Gasteiger partial charge on any atom is -0.380 e. The van der Waals surface area contributed by atoms with Crippen molar-refractivity contribution in [2.45, 2.75) is 38.1 Å². The van der Waals surface area contributed by atoms with E-state index in [9.17, 15) is 4.39 Å². The van der Waals surface area contributed by atoms with E-state index >= 15 is 0 Å². The van der Waals surface area contributed by atoms with Crippen LogP contribution in [0.25, 0.3) is 0 Å². The first-order valence-electron chi connectivity index (χ1n) is 6.92. The van der Waals surface area contributed by atoms with Gasteiger partial charge < -0.3 is 14.2 Å². The first-order chi connectivity index (χ1) is 9.33. The van der Waals surface area contributed by atoms with Gasteiger partial charge in [0, 0.05) is 18.1 Å². The van der Waals surface area contributed by atoms with Gasteiger partial charge in [0.15, 0.2) is 6.29 Å². The summed E-state index contributed by atoms with van der Waals surface area (Å²) in [7, 11) is 0. The number of hydrogen-bond donors (Lipinski definition) is 0. The van der Waals surface area contributed by atoms with E-state index in [1.54, 1.807) is 6.07 Å². The highest BCUT2D eigenvalue weighted by Crippen LogP contribution is 2.26. The van der Waals surface area contributed by atoms with Gasteiger partial charge in [0.05, 0.1) is 19.8 Å². The van der Waals surface area contributed by atoms with Gasteiger partial charge in [0.2, 0.25) is 0 Å². The summed E-state index contributed by atoms with van der Waals surface area (Å²) < 4.78 is 30.2. The first-order valence-corrected chi connectivity index (χ1v) is 6.92. The van der Waals surface area contributed by atoms with Gasteiger partial charge in [-0.15, -0.1) is 0 Å². The van der Waals surface area contributed by atoms with E-state index in [0.717, 1.165) is 31.4 Å². The summed E-state index contributed by atoms with van der Waals surface area (Å²) in [5, 5.41) is 0. The second-order valence-corrected chi connectivity index (χ2v) is 5.19. The Morgan fingerprint density at radius 1 is 1.26 bits per heavy atom. The lowest BCUT2D eigenvalue weighted by atomic mass is 9.96. The van der Waals surface area contributed by atoms with Crippen LogP contribution in [0.15, 0.2) is 18.2 Å². The van der Waals surface area contributed by atoms with E-state index in [1.165, 1.54) is 0 Å². The molecule has 1 atom stereocenters. The Morgan fingerprint density at radius 3 is 2.79 bits per heavy atom. The fourth-order valence-electron chi connectivity index (χ4n) is 2.39. The third-order valence-electron chi connectivity index (χ3n) is 3.75. The van der Waals surface area contributed by atoms with Gasteiger partial charge in [0.1, 0.15) is 5.82 Å². The summed E-state index contributed by atoms with van der Waals surface area (Å²) in [5.74, 6) is 0.159. The van der Waals surface area contributed by atoms with Crippen LogP contribution in [0, 0.1) is 5.82 Å². The lowest BCUT2D eigenvalue weighted by Crippen LogP contribution is -2.25. The van der Waals surface area contributed by atoms with Gasteiger partial charge in [-0.25, -0.2) is 4.39 Å². The summed E-state index contributed by atoms with van der Waals surface area (Å²) in [6.45, 7) is 2.42. The molecule has 0 aliphatic carbocycles. The molecule has 0 spiro atoms. The van der Waals surface area contributed by atoms with Crippen molar-refractivity contribution in [2.75, 3.05) is 19.8 Å². The fraction of sp³-hybridized carbons (Fsp3) is 0.600. The van der Waals surface area contributed by atoms with Crippen molar-refractivity contribution < 1.29 is 18.6 Å². The summed E-state index contributed by atoms with van der Waals surface area (Å²) in [4.78, 5) is 0. The standard InChI is InChI=1S/C15H19FO3/c16-14-7-11(13-8-17-9-13)4-5-12(14)10-19-15-3-1-2-6-18-15/h4-5,7,13,15H,1-3,6,8-10H2. The minimum atomic E-state index is -0.194. The summed E-state index contributed by atoms with van der Waals surface area (Å²) in [6, 6.07) is 5.39. The van der Waals surface area contributed by atoms with E-state index in [4.69, 9.17) is 14.2 Å². The average Bonchev–Trinajstić information content (AvgIpc) is 2.37. The highest BCUT2D eigenvalue weighted by atomic mass is 19.1. The minimum absolute atomic E-state index is 0.173. The van der Waals surface area contributed by atoms with Gasteiger partial charge in [0.25, 0.3) is 0 Å². The van der Waals surface area contributed by atoms with Crippen molar-refractivity contribution in [3.8, 4) is 0 Å². The van der Waals surface area contributed by atoms with Gasteiger partial charge in [-0.3, -0.25) is 0 Å². The molecular formula is C15H19FO3. The maximum atomic E-state index is 14.0. The number of benzene rings is 1. The molecule has 2 heterocycles. The Morgan fingerprint density at radius 2 is 2.16 bits per heavy atom. The van der Waals surface area contributed by atoms with Crippen molar-refractivity contribution >= 4 is 0 Å². The zero-order valence-electron chi connectivity index (χ0n) is 10.9. The molecule has 1 unspecified atom stereocenters. The number of halogens is 1. The molecule has 0 saturated carbocycles. The summed E-state index contributed by atoms with van der Waals surface area (Å²) in [5.41, 5.74) is 1.61. The van der Waals surface area contributed by atoms with E-state index in [-0.39, 0.29) is 18.7 Å². The summed E-state index contributed by atoms with van der Waals surface area (Å²) in [6.07, 6.45) is 2.94. The van der Waals surface area contributed by atoms with Gasteiger partial charge in [-0.05, 0) is 30.9 Å². The van der Waals surface area contributed by atoms with Crippen LogP contribution in [0.3, 0.4) is 0 Å². The van der Waals surface area contributed by atoms with Gasteiger partial charge >= 0.3 is 0 Å². The molecule has 104 valence electrons. The largest absolute Gasteiger partial charge is 0.380 e. The molecule has 0 amide bonds. The molecule has 3 nitrogen and oxygen atoms in total. The van der Waals surface area contributed by atoms with Crippen LogP contribution < -0.4 is 0 Å². The molecule has 19 heavy (non-hydrogen) atoms. The Labute approximate surface area is 112 Å². The Hall–Kier alpha value is -0.970. The normalized spacial score (nSPS) is 24.2. The summed E-state index contributed by atoms with van der Waals surface area (Å²) >= 11 is 0. The molecule has 0 radical (unpaired) electrons. The second-order valence-electron chi connectivity index (χ2n) is 5.19. The highest BCUT2D eigenvalue weighted by molar-refractivity contribution is 5.27. The van der Waals surface area contributed by atoms with E-state index in [2.05, 4.69) is 0 Å². The van der Waals surface area contributed by atoms with Crippen molar-refractivity contribution in [3.63, 3.8) is 0 Å². The predicted molar refractivity (Wildman–Crippen MR) is 68.3 cm³/mol. The molecule has 2 fully saturated rings. The quantitative estimate of drug-likeness (QED) is 0.838. The maximum Gasteiger partial charge on any atom is 0.158 e. The van der Waals surface area contributed by atoms with Gasteiger partial charge in [-0.2, -0.15) is 0 Å². The first kappa shape index (κ1) is 13.0. The van der Waals surface area contributed by atoms with Crippen molar-refractivity contribution in [1.29, 1.82) is 0 Å². The van der Waals surface area contributed by atoms with Crippen LogP contribution in [0.1, 0.15) is 36.3 Å². The van der Waals surface area contributed by atoms with Crippen LogP contribution in [0.5, 0.6) is 0 Å². The lowest BCUT2D eigenvalue weighted by Gasteiger charge is -2.26. The highest BCUT2D eigenvalue weighted by Gasteiger charge is 2.21. The zero-order valence-corrected chi connectivity index (χ0v) is 10.9. The van der Waals surface area contributed by atoms with Crippen molar-refractivity contribution in [1.82, 2.24) is 0 Å². The Balaban J connectivity index is 1.57. The molecule has 1 aromatic carbocycles. The topological polar surface area (TPSA) is 27.7 Å². The number of ether oxygens (including phenoxy) is 3. The maximum absolute atomic E-state index is 14.0. The number of rotatable bonds is 4. The molecule has 0 N–H and O–H groups in total. The lowest BCUT2D eigenvalue weighted by molar-refractivity contribution is -0.169. The Kier molecular flexibility index (Phi) is 4.11. The number of hydrogen-bond acceptors (Lipinski definition) is 3. The average molecular weight is 266 g/mol. The second kappa shape index (κ2) is 5.99. The predicted octanol–water partition coefficient (Wildman–Crippen LogP) is 2.98. The molecule has 4 heteroatoms. The van der Waals surface area contributed by atoms with Crippen LogP contribution >= 0.6 is 0 Å². The molecule has 0 bridgehead atoms. The Bertz CT molecular complexity index is 425. The van der Waals surface area contributed by atoms with E-state index in [0.29, 0.717) is 24.7 Å². The van der Waals surface area contributed by atoms with E-state index in [1.807, 2.05) is 12.1 Å². The molecule has 2 aliphatic heterocycles. The van der Waals surface area contributed by atoms with Crippen molar-refractivity contribution in [3.05, 3.63) is 35.1 Å². The SMILES string of the molecule is Fc1cc(C2COC2)ccc1COC1CCCCO1. The smallest absolute Gasteiger partial charge is 0.158 e. The van der Waals surface area contributed by atoms with E-state index < -0.39 is 0 Å².